The Labute approximate surface area is 108 Å². The Morgan fingerprint density at radius 3 is 2.26 bits per heavy atom. The van der Waals surface area contributed by atoms with Crippen LogP contribution in [0.1, 0.15) is 19.4 Å². The van der Waals surface area contributed by atoms with Crippen molar-refractivity contribution in [1.82, 2.24) is 0 Å². The smallest absolute Gasteiger partial charge is 0.316 e. The highest BCUT2D eigenvalue weighted by Gasteiger charge is 2.26. The van der Waals surface area contributed by atoms with Crippen LogP contribution in [0.2, 0.25) is 0 Å². The van der Waals surface area contributed by atoms with Crippen molar-refractivity contribution in [2.24, 2.45) is 5.92 Å². The number of Topliss-reactive ketones (excluding diaryl/α,β-unsaturated/α-hetero) is 1. The summed E-state index contributed by atoms with van der Waals surface area (Å²) < 4.78 is 43.9. The van der Waals surface area contributed by atoms with Crippen LogP contribution in [0.15, 0.2) is 12.1 Å². The van der Waals surface area contributed by atoms with Gasteiger partial charge in [0, 0.05) is 6.07 Å². The minimum atomic E-state index is -1.32. The molecule has 0 spiro atoms. The summed E-state index contributed by atoms with van der Waals surface area (Å²) in [5.41, 5.74) is -0.243. The lowest BCUT2D eigenvalue weighted by atomic mass is 9.95. The van der Waals surface area contributed by atoms with Gasteiger partial charge >= 0.3 is 5.97 Å². The van der Waals surface area contributed by atoms with Gasteiger partial charge in [0.1, 0.15) is 17.5 Å². The fourth-order valence-electron chi connectivity index (χ4n) is 1.58. The molecule has 1 aromatic rings. The van der Waals surface area contributed by atoms with Crippen LogP contribution in [0.25, 0.3) is 0 Å². The minimum Gasteiger partial charge on any atom is -0.465 e. The van der Waals surface area contributed by atoms with E-state index >= 15 is 0 Å². The first-order valence-corrected chi connectivity index (χ1v) is 5.67. The summed E-state index contributed by atoms with van der Waals surface area (Å²) in [6.45, 7) is 2.79. The molecule has 1 rings (SSSR count). The highest BCUT2D eigenvalue weighted by Crippen LogP contribution is 2.18. The van der Waals surface area contributed by atoms with Crippen molar-refractivity contribution in [2.45, 2.75) is 20.3 Å². The van der Waals surface area contributed by atoms with E-state index in [0.717, 1.165) is 6.92 Å². The standard InChI is InChI=1S/C13H13F3O3/c1-3-19-13(18)9(7(2)17)4-8-5-11(15)12(16)6-10(8)14/h5-6,9H,3-4H2,1-2H3. The lowest BCUT2D eigenvalue weighted by molar-refractivity contribution is -0.151. The normalized spacial score (nSPS) is 12.1. The Balaban J connectivity index is 3.00. The van der Waals surface area contributed by atoms with Crippen molar-refractivity contribution in [3.63, 3.8) is 0 Å². The number of benzene rings is 1. The predicted octanol–water partition coefficient (Wildman–Crippen LogP) is 2.41. The second kappa shape index (κ2) is 6.36. The van der Waals surface area contributed by atoms with Crippen LogP contribution in [-0.2, 0) is 20.7 Å². The van der Waals surface area contributed by atoms with Gasteiger partial charge in [-0.3, -0.25) is 9.59 Å². The van der Waals surface area contributed by atoms with Gasteiger partial charge < -0.3 is 4.74 Å². The van der Waals surface area contributed by atoms with Crippen molar-refractivity contribution in [3.8, 4) is 0 Å². The van der Waals surface area contributed by atoms with Crippen LogP contribution >= 0.6 is 0 Å². The number of hydrogen-bond acceptors (Lipinski definition) is 3. The second-order valence-electron chi connectivity index (χ2n) is 3.98. The summed E-state index contributed by atoms with van der Waals surface area (Å²) in [6, 6.07) is 1.02. The molecule has 19 heavy (non-hydrogen) atoms. The zero-order valence-corrected chi connectivity index (χ0v) is 10.5. The van der Waals surface area contributed by atoms with Gasteiger partial charge in [-0.2, -0.15) is 0 Å². The predicted molar refractivity (Wildman–Crippen MR) is 60.8 cm³/mol. The molecule has 104 valence electrons. The van der Waals surface area contributed by atoms with E-state index in [-0.39, 0.29) is 18.6 Å². The van der Waals surface area contributed by atoms with Gasteiger partial charge in [-0.15, -0.1) is 0 Å². The molecular weight excluding hydrogens is 261 g/mol. The number of carbonyl (C=O) groups is 2. The van der Waals surface area contributed by atoms with Crippen LogP contribution < -0.4 is 0 Å². The summed E-state index contributed by atoms with van der Waals surface area (Å²) in [4.78, 5) is 22.9. The van der Waals surface area contributed by atoms with Gasteiger partial charge in [0.25, 0.3) is 0 Å². The molecule has 0 saturated carbocycles. The molecule has 0 aromatic heterocycles. The average Bonchev–Trinajstić information content (AvgIpc) is 2.31. The van der Waals surface area contributed by atoms with E-state index in [9.17, 15) is 22.8 Å². The number of carbonyl (C=O) groups excluding carboxylic acids is 2. The lowest BCUT2D eigenvalue weighted by Gasteiger charge is -2.13. The van der Waals surface area contributed by atoms with Gasteiger partial charge in [-0.25, -0.2) is 13.2 Å². The summed E-state index contributed by atoms with van der Waals surface area (Å²) in [6.07, 6.45) is -0.364. The molecule has 0 bridgehead atoms. The van der Waals surface area contributed by atoms with Crippen molar-refractivity contribution >= 4 is 11.8 Å². The van der Waals surface area contributed by atoms with E-state index in [2.05, 4.69) is 4.74 Å². The number of halogens is 3. The maximum absolute atomic E-state index is 13.4. The highest BCUT2D eigenvalue weighted by molar-refractivity contribution is 5.98. The third-order valence-electron chi connectivity index (χ3n) is 2.58. The molecule has 0 fully saturated rings. The number of rotatable bonds is 5. The van der Waals surface area contributed by atoms with E-state index in [0.29, 0.717) is 12.1 Å². The highest BCUT2D eigenvalue weighted by atomic mass is 19.2. The van der Waals surface area contributed by atoms with Gasteiger partial charge in [-0.05, 0) is 31.9 Å². The summed E-state index contributed by atoms with van der Waals surface area (Å²) in [7, 11) is 0. The molecule has 0 aliphatic rings. The number of hydrogen-bond donors (Lipinski definition) is 0. The molecule has 0 aliphatic heterocycles. The largest absolute Gasteiger partial charge is 0.465 e. The molecule has 1 unspecified atom stereocenters. The Hall–Kier alpha value is -1.85. The van der Waals surface area contributed by atoms with Gasteiger partial charge in [-0.1, -0.05) is 0 Å². The van der Waals surface area contributed by atoms with Crippen LogP contribution in [0.3, 0.4) is 0 Å². The molecule has 3 nitrogen and oxygen atoms in total. The molecule has 0 saturated heterocycles. The van der Waals surface area contributed by atoms with Crippen molar-refractivity contribution in [1.29, 1.82) is 0 Å². The topological polar surface area (TPSA) is 43.4 Å². The Kier molecular flexibility index (Phi) is 5.09. The van der Waals surface area contributed by atoms with Gasteiger partial charge in [0.05, 0.1) is 6.61 Å². The third-order valence-corrected chi connectivity index (χ3v) is 2.58. The maximum Gasteiger partial charge on any atom is 0.316 e. The fourth-order valence-corrected chi connectivity index (χ4v) is 1.58. The van der Waals surface area contributed by atoms with Crippen molar-refractivity contribution in [3.05, 3.63) is 35.1 Å². The first-order chi connectivity index (χ1) is 8.86. The summed E-state index contributed by atoms with van der Waals surface area (Å²) in [5, 5.41) is 0. The van der Waals surface area contributed by atoms with Gasteiger partial charge in [0.15, 0.2) is 11.6 Å². The van der Waals surface area contributed by atoms with Crippen molar-refractivity contribution in [2.75, 3.05) is 6.61 Å². The average molecular weight is 274 g/mol. The monoisotopic (exact) mass is 274 g/mol. The Bertz CT molecular complexity index is 500. The lowest BCUT2D eigenvalue weighted by Crippen LogP contribution is -2.27. The SMILES string of the molecule is CCOC(=O)C(Cc1cc(F)c(F)cc1F)C(C)=O. The molecule has 0 radical (unpaired) electrons. The van der Waals surface area contributed by atoms with E-state index in [1.807, 2.05) is 0 Å². The first kappa shape index (κ1) is 15.2. The first-order valence-electron chi connectivity index (χ1n) is 5.67. The number of esters is 1. The van der Waals surface area contributed by atoms with E-state index in [4.69, 9.17) is 0 Å². The number of ether oxygens (including phenoxy) is 1. The fraction of sp³-hybridized carbons (Fsp3) is 0.385. The summed E-state index contributed by atoms with van der Waals surface area (Å²) in [5.74, 6) is -6.12. The molecule has 0 heterocycles. The Morgan fingerprint density at radius 1 is 1.16 bits per heavy atom. The molecule has 0 aliphatic carbocycles. The van der Waals surface area contributed by atoms with Crippen LogP contribution in [0, 0.1) is 23.4 Å². The van der Waals surface area contributed by atoms with Crippen molar-refractivity contribution < 1.29 is 27.5 Å². The Morgan fingerprint density at radius 2 is 1.74 bits per heavy atom. The molecular formula is C13H13F3O3. The number of ketones is 1. The van der Waals surface area contributed by atoms with E-state index in [1.165, 1.54) is 0 Å². The van der Waals surface area contributed by atoms with E-state index in [1.54, 1.807) is 6.92 Å². The molecule has 1 aromatic carbocycles. The van der Waals surface area contributed by atoms with E-state index < -0.39 is 35.1 Å². The zero-order chi connectivity index (χ0) is 14.6. The molecule has 6 heteroatoms. The summed E-state index contributed by atoms with van der Waals surface area (Å²) >= 11 is 0. The van der Waals surface area contributed by atoms with Crippen LogP contribution in [0.5, 0.6) is 0 Å². The quantitative estimate of drug-likeness (QED) is 0.470. The maximum atomic E-state index is 13.4. The van der Waals surface area contributed by atoms with Crippen LogP contribution in [0.4, 0.5) is 13.2 Å². The van der Waals surface area contributed by atoms with Crippen LogP contribution in [-0.4, -0.2) is 18.4 Å². The molecule has 0 amide bonds. The molecule has 0 N–H and O–H groups in total. The third kappa shape index (κ3) is 3.81. The zero-order valence-electron chi connectivity index (χ0n) is 10.5. The van der Waals surface area contributed by atoms with Gasteiger partial charge in [0.2, 0.25) is 0 Å². The second-order valence-corrected chi connectivity index (χ2v) is 3.98. The minimum absolute atomic E-state index is 0.0723. The molecule has 1 atom stereocenters.